The van der Waals surface area contributed by atoms with Gasteiger partial charge in [0.1, 0.15) is 11.7 Å². The number of carbonyl (C=O) groups is 3. The Labute approximate surface area is 332 Å². The zero-order valence-corrected chi connectivity index (χ0v) is 33.7. The van der Waals surface area contributed by atoms with Crippen molar-refractivity contribution in [2.45, 2.75) is 71.4 Å². The van der Waals surface area contributed by atoms with Crippen LogP contribution in [0.4, 0.5) is 11.4 Å². The molecule has 14 nitrogen and oxygen atoms in total. The van der Waals surface area contributed by atoms with Crippen molar-refractivity contribution in [3.8, 4) is 11.4 Å². The average Bonchev–Trinajstić information content (AvgIpc) is 3.99. The van der Waals surface area contributed by atoms with E-state index in [4.69, 9.17) is 5.10 Å². The summed E-state index contributed by atoms with van der Waals surface area (Å²) < 4.78 is 3.13. The van der Waals surface area contributed by atoms with Gasteiger partial charge in [-0.05, 0) is 86.8 Å². The second-order valence-corrected chi connectivity index (χ2v) is 17.7. The molecule has 0 spiro atoms. The van der Waals surface area contributed by atoms with E-state index in [1.807, 2.05) is 32.2 Å². The molecule has 3 aliphatic heterocycles. The van der Waals surface area contributed by atoms with Crippen molar-refractivity contribution in [3.05, 3.63) is 64.2 Å². The first-order valence-electron chi connectivity index (χ1n) is 20.6. The monoisotopic (exact) mass is 774 g/mol. The quantitative estimate of drug-likeness (QED) is 0.199. The lowest BCUT2D eigenvalue weighted by molar-refractivity contribution is -0.135. The Balaban J connectivity index is 0.788. The second kappa shape index (κ2) is 14.3. The SMILES string of the molecule is CC(C(=O)N(C)c1ccc2cc(-c3n[nH]c4c3CCC(C)(C)C4)[nH]c2c1)N1CCN(C[C@@H]2CCN(c3ccc4c(c3)n(C)c(=O)n4C3CCC(=O)NC3=O)C2)CC1. The van der Waals surface area contributed by atoms with E-state index >= 15 is 0 Å². The summed E-state index contributed by atoms with van der Waals surface area (Å²) in [6.45, 7) is 13.1. The Morgan fingerprint density at radius 3 is 2.58 bits per heavy atom. The molecule has 3 amide bonds. The molecule has 0 bridgehead atoms. The predicted molar refractivity (Wildman–Crippen MR) is 221 cm³/mol. The zero-order valence-electron chi connectivity index (χ0n) is 33.7. The van der Waals surface area contributed by atoms with E-state index in [2.05, 4.69) is 68.2 Å². The normalized spacial score (nSPS) is 22.3. The molecule has 3 saturated heterocycles. The number of H-pyrrole nitrogens is 2. The van der Waals surface area contributed by atoms with Gasteiger partial charge in [0.15, 0.2) is 0 Å². The van der Waals surface area contributed by atoms with Crippen LogP contribution in [0.15, 0.2) is 47.3 Å². The number of hydrogen-bond donors (Lipinski definition) is 3. The number of imidazole rings is 1. The molecule has 9 rings (SSSR count). The predicted octanol–water partition coefficient (Wildman–Crippen LogP) is 4.20. The number of hydrogen-bond acceptors (Lipinski definition) is 8. The Hall–Kier alpha value is -5.21. The van der Waals surface area contributed by atoms with Gasteiger partial charge >= 0.3 is 5.69 Å². The summed E-state index contributed by atoms with van der Waals surface area (Å²) in [6.07, 6.45) is 4.81. The van der Waals surface area contributed by atoms with Crippen LogP contribution >= 0.6 is 0 Å². The maximum atomic E-state index is 13.8. The molecule has 3 aromatic heterocycles. The van der Waals surface area contributed by atoms with Crippen LogP contribution in [0, 0.1) is 11.3 Å². The number of anilines is 2. The molecule has 2 aromatic carbocycles. The number of aromatic nitrogens is 5. The fourth-order valence-electron chi connectivity index (χ4n) is 9.78. The van der Waals surface area contributed by atoms with Crippen molar-refractivity contribution in [2.24, 2.45) is 18.4 Å². The van der Waals surface area contributed by atoms with Gasteiger partial charge in [-0.1, -0.05) is 19.9 Å². The van der Waals surface area contributed by atoms with E-state index in [1.165, 1.54) is 15.8 Å². The molecule has 14 heteroatoms. The number of fused-ring (bicyclic) bond motifs is 3. The third kappa shape index (κ3) is 6.86. The van der Waals surface area contributed by atoms with Gasteiger partial charge in [0.2, 0.25) is 17.7 Å². The molecule has 4 aliphatic rings. The molecule has 3 fully saturated rings. The lowest BCUT2D eigenvalue weighted by Crippen LogP contribution is -2.54. The van der Waals surface area contributed by atoms with E-state index in [0.717, 1.165) is 111 Å². The van der Waals surface area contributed by atoms with E-state index in [-0.39, 0.29) is 35.4 Å². The first-order chi connectivity index (χ1) is 27.3. The number of imide groups is 1. The number of aryl methyl sites for hydroxylation is 1. The van der Waals surface area contributed by atoms with E-state index in [9.17, 15) is 19.2 Å². The molecule has 2 unspecified atom stereocenters. The van der Waals surface area contributed by atoms with Crippen molar-refractivity contribution < 1.29 is 14.4 Å². The summed E-state index contributed by atoms with van der Waals surface area (Å²) in [5, 5.41) is 11.5. The van der Waals surface area contributed by atoms with Crippen LogP contribution in [-0.2, 0) is 34.3 Å². The summed E-state index contributed by atoms with van der Waals surface area (Å²) in [6, 6.07) is 13.5. The maximum Gasteiger partial charge on any atom is 0.329 e. The van der Waals surface area contributed by atoms with Crippen LogP contribution in [0.5, 0.6) is 0 Å². The molecule has 0 radical (unpaired) electrons. The minimum Gasteiger partial charge on any atom is -0.371 e. The Morgan fingerprint density at radius 2 is 1.79 bits per heavy atom. The highest BCUT2D eigenvalue weighted by atomic mass is 16.2. The fraction of sp³-hybridized carbons (Fsp3) is 0.512. The fourth-order valence-corrected chi connectivity index (χ4v) is 9.78. The van der Waals surface area contributed by atoms with Gasteiger partial charge in [-0.25, -0.2) is 4.79 Å². The van der Waals surface area contributed by atoms with E-state index < -0.39 is 11.9 Å². The molecule has 6 heterocycles. The van der Waals surface area contributed by atoms with Gasteiger partial charge in [0, 0.05) is 99.9 Å². The number of aromatic amines is 2. The number of nitrogens with one attached hydrogen (secondary N) is 3. The summed E-state index contributed by atoms with van der Waals surface area (Å²) in [5.41, 5.74) is 9.04. The number of carbonyl (C=O) groups excluding carboxylic acids is 3. The zero-order chi connectivity index (χ0) is 39.7. The molecule has 1 aliphatic carbocycles. The molecular weight excluding hydrogens is 721 g/mol. The molecule has 300 valence electrons. The number of piperazine rings is 1. The standard InChI is InChI=1S/C43H54N10O4/c1-26(41(56)48(4)29-7-6-28-20-33(44-32(28)21-29)39-31-12-14-43(2,3)23-34(31)46-47-39)51-18-16-50(17-19-51)24-27-13-15-52(25-27)30-8-9-35-37(22-30)49(5)42(57)53(35)36-10-11-38(54)45-40(36)55/h6-9,20-22,26-27,36,44H,10-19,23-25H2,1-5H3,(H,46,47)(H,45,54,55)/t26?,27-,36?/m0/s1. The number of benzene rings is 2. The van der Waals surface area contributed by atoms with Crippen molar-refractivity contribution >= 4 is 51.0 Å². The summed E-state index contributed by atoms with van der Waals surface area (Å²) in [5.74, 6) is -0.111. The lowest BCUT2D eigenvalue weighted by Gasteiger charge is -2.39. The van der Waals surface area contributed by atoms with Gasteiger partial charge < -0.3 is 19.7 Å². The number of amides is 3. The number of likely N-dealkylation sites (N-methyl/N-ethyl adjacent to an activating group) is 1. The number of piperidine rings is 1. The maximum absolute atomic E-state index is 13.8. The third-order valence-corrected chi connectivity index (χ3v) is 13.3. The van der Waals surface area contributed by atoms with Crippen molar-refractivity contribution in [1.29, 1.82) is 0 Å². The second-order valence-electron chi connectivity index (χ2n) is 17.7. The average molecular weight is 775 g/mol. The van der Waals surface area contributed by atoms with Crippen LogP contribution in [0.1, 0.15) is 63.8 Å². The number of rotatable bonds is 8. The van der Waals surface area contributed by atoms with Crippen LogP contribution in [-0.4, -0.2) is 111 Å². The van der Waals surface area contributed by atoms with Crippen LogP contribution in [0.25, 0.3) is 33.3 Å². The summed E-state index contributed by atoms with van der Waals surface area (Å²) in [4.78, 5) is 64.1. The molecule has 57 heavy (non-hydrogen) atoms. The minimum atomic E-state index is -0.690. The Bertz CT molecular complexity index is 2450. The van der Waals surface area contributed by atoms with Gasteiger partial charge in [-0.15, -0.1) is 0 Å². The van der Waals surface area contributed by atoms with E-state index in [0.29, 0.717) is 17.9 Å². The molecule has 3 N–H and O–H groups in total. The highest BCUT2D eigenvalue weighted by molar-refractivity contribution is 6.00. The number of nitrogens with zero attached hydrogens (tertiary/aromatic N) is 7. The van der Waals surface area contributed by atoms with Gasteiger partial charge in [0.25, 0.3) is 0 Å². The lowest BCUT2D eigenvalue weighted by atomic mass is 9.76. The van der Waals surface area contributed by atoms with Gasteiger partial charge in [-0.2, -0.15) is 5.10 Å². The third-order valence-electron chi connectivity index (χ3n) is 13.3. The van der Waals surface area contributed by atoms with Gasteiger partial charge in [0.05, 0.1) is 22.8 Å². The summed E-state index contributed by atoms with van der Waals surface area (Å²) >= 11 is 0. The topological polar surface area (TPSA) is 148 Å². The largest absolute Gasteiger partial charge is 0.371 e. The Morgan fingerprint density at radius 1 is 0.982 bits per heavy atom. The van der Waals surface area contributed by atoms with Crippen molar-refractivity contribution in [3.63, 3.8) is 0 Å². The molecule has 3 atom stereocenters. The van der Waals surface area contributed by atoms with E-state index in [1.54, 1.807) is 16.5 Å². The molecule has 0 saturated carbocycles. The molecular formula is C43H54N10O4. The van der Waals surface area contributed by atoms with Crippen LogP contribution in [0.2, 0.25) is 0 Å². The molecule has 5 aromatic rings. The minimum absolute atomic E-state index is 0.0897. The van der Waals surface area contributed by atoms with Crippen LogP contribution in [0.3, 0.4) is 0 Å². The van der Waals surface area contributed by atoms with Gasteiger partial charge in [-0.3, -0.25) is 38.8 Å². The van der Waals surface area contributed by atoms with Crippen molar-refractivity contribution in [1.82, 2.24) is 39.4 Å². The van der Waals surface area contributed by atoms with Crippen LogP contribution < -0.4 is 20.8 Å². The first kappa shape index (κ1) is 37.4. The van der Waals surface area contributed by atoms with Crippen molar-refractivity contribution in [2.75, 3.05) is 62.7 Å². The Kier molecular flexibility index (Phi) is 9.38. The smallest absolute Gasteiger partial charge is 0.329 e. The first-order valence-corrected chi connectivity index (χ1v) is 20.6. The summed E-state index contributed by atoms with van der Waals surface area (Å²) in [7, 11) is 3.62. The highest BCUT2D eigenvalue weighted by Gasteiger charge is 2.34. The highest BCUT2D eigenvalue weighted by Crippen LogP contribution is 2.38.